The van der Waals surface area contributed by atoms with Crippen molar-refractivity contribution < 1.29 is 15.3 Å². The van der Waals surface area contributed by atoms with Gasteiger partial charge in [-0.15, -0.1) is 0 Å². The molecule has 0 saturated heterocycles. The van der Waals surface area contributed by atoms with Crippen LogP contribution in [0.15, 0.2) is 30.3 Å². The van der Waals surface area contributed by atoms with Gasteiger partial charge in [0.15, 0.2) is 0 Å². The molecule has 0 saturated carbocycles. The molecule has 1 aromatic carbocycles. The average Bonchev–Trinajstić information content (AvgIpc) is 2.30. The summed E-state index contributed by atoms with van der Waals surface area (Å²) in [5.74, 6) is -0.560. The van der Waals surface area contributed by atoms with Gasteiger partial charge in [0.2, 0.25) is 0 Å². The van der Waals surface area contributed by atoms with E-state index in [1.165, 1.54) is 0 Å². The van der Waals surface area contributed by atoms with Gasteiger partial charge < -0.3 is 15.3 Å². The quantitative estimate of drug-likeness (QED) is 0.672. The Balaban J connectivity index is 2.80. The zero-order chi connectivity index (χ0) is 11.3. The first kappa shape index (κ1) is 12.2. The van der Waals surface area contributed by atoms with Crippen LogP contribution in [0.5, 0.6) is 0 Å². The van der Waals surface area contributed by atoms with E-state index < -0.39 is 6.10 Å². The molecule has 0 bridgehead atoms. The third kappa shape index (κ3) is 3.02. The van der Waals surface area contributed by atoms with Crippen molar-refractivity contribution in [3.8, 4) is 0 Å². The molecule has 0 aliphatic heterocycles. The fourth-order valence-corrected chi connectivity index (χ4v) is 1.62. The maximum Gasteiger partial charge on any atom is 0.0678 e. The molecule has 0 aromatic heterocycles. The van der Waals surface area contributed by atoms with E-state index in [9.17, 15) is 10.2 Å². The first-order valence-electron chi connectivity index (χ1n) is 5.15. The highest BCUT2D eigenvalue weighted by molar-refractivity contribution is 5.21. The molecular weight excluding hydrogens is 192 g/mol. The third-order valence-corrected chi connectivity index (χ3v) is 2.71. The normalized spacial score (nSPS) is 17.1. The molecule has 1 aromatic rings. The van der Waals surface area contributed by atoms with Crippen molar-refractivity contribution in [2.24, 2.45) is 5.92 Å². The molecule has 0 heterocycles. The summed E-state index contributed by atoms with van der Waals surface area (Å²) in [4.78, 5) is 0. The van der Waals surface area contributed by atoms with Crippen LogP contribution in [0.25, 0.3) is 0 Å². The van der Waals surface area contributed by atoms with Crippen LogP contribution >= 0.6 is 0 Å². The van der Waals surface area contributed by atoms with Gasteiger partial charge in [-0.3, -0.25) is 0 Å². The SMILES string of the molecule is CC(CO)C(O)C(CO)c1ccccc1. The van der Waals surface area contributed by atoms with Crippen LogP contribution in [0.3, 0.4) is 0 Å². The number of hydrogen-bond acceptors (Lipinski definition) is 3. The molecule has 84 valence electrons. The van der Waals surface area contributed by atoms with E-state index in [0.717, 1.165) is 5.56 Å². The zero-order valence-corrected chi connectivity index (χ0v) is 8.87. The number of benzene rings is 1. The van der Waals surface area contributed by atoms with Gasteiger partial charge in [0.25, 0.3) is 0 Å². The van der Waals surface area contributed by atoms with E-state index >= 15 is 0 Å². The summed E-state index contributed by atoms with van der Waals surface area (Å²) in [5, 5.41) is 28.1. The Morgan fingerprint density at radius 2 is 1.67 bits per heavy atom. The van der Waals surface area contributed by atoms with Crippen molar-refractivity contribution >= 4 is 0 Å². The standard InChI is InChI=1S/C12H18O3/c1-9(7-13)12(15)11(8-14)10-5-3-2-4-6-10/h2-6,9,11-15H,7-8H2,1H3. The number of hydrogen-bond donors (Lipinski definition) is 3. The Morgan fingerprint density at radius 3 is 2.13 bits per heavy atom. The predicted molar refractivity (Wildman–Crippen MR) is 58.5 cm³/mol. The summed E-state index contributed by atoms with van der Waals surface area (Å²) < 4.78 is 0. The smallest absolute Gasteiger partial charge is 0.0678 e. The summed E-state index contributed by atoms with van der Waals surface area (Å²) in [7, 11) is 0. The lowest BCUT2D eigenvalue weighted by Gasteiger charge is -2.25. The van der Waals surface area contributed by atoms with Crippen molar-refractivity contribution in [3.63, 3.8) is 0 Å². The minimum Gasteiger partial charge on any atom is -0.396 e. The Hall–Kier alpha value is -0.900. The highest BCUT2D eigenvalue weighted by Crippen LogP contribution is 2.23. The summed E-state index contributed by atoms with van der Waals surface area (Å²) in [5.41, 5.74) is 0.896. The van der Waals surface area contributed by atoms with E-state index in [1.54, 1.807) is 6.92 Å². The summed E-state index contributed by atoms with van der Waals surface area (Å²) in [6, 6.07) is 9.37. The zero-order valence-electron chi connectivity index (χ0n) is 8.87. The van der Waals surface area contributed by atoms with E-state index in [0.29, 0.717) is 0 Å². The van der Waals surface area contributed by atoms with Crippen molar-refractivity contribution in [2.75, 3.05) is 13.2 Å². The van der Waals surface area contributed by atoms with Crippen LogP contribution in [0.1, 0.15) is 18.4 Å². The molecule has 15 heavy (non-hydrogen) atoms. The summed E-state index contributed by atoms with van der Waals surface area (Å²) >= 11 is 0. The molecule has 0 spiro atoms. The fraction of sp³-hybridized carbons (Fsp3) is 0.500. The van der Waals surface area contributed by atoms with Crippen LogP contribution in [0.2, 0.25) is 0 Å². The van der Waals surface area contributed by atoms with Crippen molar-refractivity contribution in [3.05, 3.63) is 35.9 Å². The minimum atomic E-state index is -0.720. The van der Waals surface area contributed by atoms with Crippen LogP contribution < -0.4 is 0 Å². The topological polar surface area (TPSA) is 60.7 Å². The van der Waals surface area contributed by atoms with E-state index in [4.69, 9.17) is 5.11 Å². The van der Waals surface area contributed by atoms with Crippen molar-refractivity contribution in [2.45, 2.75) is 18.9 Å². The third-order valence-electron chi connectivity index (χ3n) is 2.71. The summed E-state index contributed by atoms with van der Waals surface area (Å²) in [6.45, 7) is 1.57. The Kier molecular flexibility index (Phi) is 4.75. The fourth-order valence-electron chi connectivity index (χ4n) is 1.62. The maximum absolute atomic E-state index is 9.91. The Morgan fingerprint density at radius 1 is 1.07 bits per heavy atom. The monoisotopic (exact) mass is 210 g/mol. The van der Waals surface area contributed by atoms with Gasteiger partial charge in [-0.05, 0) is 5.56 Å². The van der Waals surface area contributed by atoms with Gasteiger partial charge in [0, 0.05) is 18.4 Å². The van der Waals surface area contributed by atoms with Crippen molar-refractivity contribution in [1.82, 2.24) is 0 Å². The molecule has 0 radical (unpaired) electrons. The van der Waals surface area contributed by atoms with Gasteiger partial charge in [-0.25, -0.2) is 0 Å². The minimum absolute atomic E-state index is 0.0789. The first-order chi connectivity index (χ1) is 7.20. The van der Waals surface area contributed by atoms with Crippen LogP contribution in [0.4, 0.5) is 0 Å². The van der Waals surface area contributed by atoms with Crippen LogP contribution in [0, 0.1) is 5.92 Å². The molecule has 3 N–H and O–H groups in total. The molecular formula is C12H18O3. The molecule has 0 amide bonds. The lowest BCUT2D eigenvalue weighted by molar-refractivity contribution is 0.0376. The van der Waals surface area contributed by atoms with Gasteiger partial charge in [0.1, 0.15) is 0 Å². The Bertz CT molecular complexity index is 273. The summed E-state index contributed by atoms with van der Waals surface area (Å²) in [6.07, 6.45) is -0.720. The predicted octanol–water partition coefficient (Wildman–Crippen LogP) is 0.752. The lowest BCUT2D eigenvalue weighted by atomic mass is 9.87. The second kappa shape index (κ2) is 5.85. The number of aliphatic hydroxyl groups excluding tert-OH is 3. The highest BCUT2D eigenvalue weighted by atomic mass is 16.3. The first-order valence-corrected chi connectivity index (χ1v) is 5.15. The molecule has 0 aliphatic rings. The second-order valence-corrected chi connectivity index (χ2v) is 3.85. The van der Waals surface area contributed by atoms with Crippen LogP contribution in [-0.2, 0) is 0 Å². The molecule has 3 unspecified atom stereocenters. The van der Waals surface area contributed by atoms with E-state index in [2.05, 4.69) is 0 Å². The molecule has 3 atom stereocenters. The van der Waals surface area contributed by atoms with Gasteiger partial charge in [-0.2, -0.15) is 0 Å². The number of aliphatic hydroxyl groups is 3. The van der Waals surface area contributed by atoms with Crippen LogP contribution in [-0.4, -0.2) is 34.6 Å². The van der Waals surface area contributed by atoms with Gasteiger partial charge in [-0.1, -0.05) is 37.3 Å². The second-order valence-electron chi connectivity index (χ2n) is 3.85. The van der Waals surface area contributed by atoms with E-state index in [1.807, 2.05) is 30.3 Å². The molecule has 1 rings (SSSR count). The molecule has 3 nitrogen and oxygen atoms in total. The van der Waals surface area contributed by atoms with Gasteiger partial charge in [0.05, 0.1) is 12.7 Å². The molecule has 3 heteroatoms. The maximum atomic E-state index is 9.91. The lowest BCUT2D eigenvalue weighted by Crippen LogP contribution is -2.30. The van der Waals surface area contributed by atoms with Gasteiger partial charge >= 0.3 is 0 Å². The largest absolute Gasteiger partial charge is 0.396 e. The highest BCUT2D eigenvalue weighted by Gasteiger charge is 2.24. The molecule has 0 aliphatic carbocycles. The average molecular weight is 210 g/mol. The van der Waals surface area contributed by atoms with Crippen molar-refractivity contribution in [1.29, 1.82) is 0 Å². The van der Waals surface area contributed by atoms with E-state index in [-0.39, 0.29) is 25.0 Å². The Labute approximate surface area is 90.0 Å². The molecule has 0 fully saturated rings. The number of rotatable bonds is 5.